The van der Waals surface area contributed by atoms with Crippen LogP contribution in [0.4, 0.5) is 5.82 Å². The normalized spacial score (nSPS) is 21.9. The Morgan fingerprint density at radius 1 is 1.31 bits per heavy atom. The van der Waals surface area contributed by atoms with Gasteiger partial charge >= 0.3 is 10.3 Å². The van der Waals surface area contributed by atoms with Crippen molar-refractivity contribution >= 4 is 33.2 Å². The number of carbonyl (C=O) groups is 1. The number of nitrogens with one attached hydrogen (secondary N) is 1. The van der Waals surface area contributed by atoms with Gasteiger partial charge in [-0.1, -0.05) is 0 Å². The number of imidazole rings is 1. The molecule has 36 heavy (non-hydrogen) atoms. The molecule has 0 spiro atoms. The Morgan fingerprint density at radius 3 is 2.94 bits per heavy atom. The molecule has 3 aromatic rings. The third kappa shape index (κ3) is 5.20. The maximum Gasteiger partial charge on any atom is 0.333 e. The summed E-state index contributed by atoms with van der Waals surface area (Å²) in [5.41, 5.74) is 2.41. The molecule has 1 fully saturated rings. The van der Waals surface area contributed by atoms with E-state index < -0.39 is 10.3 Å². The summed E-state index contributed by atoms with van der Waals surface area (Å²) in [7, 11) is -3.96. The van der Waals surface area contributed by atoms with Gasteiger partial charge in [0.05, 0.1) is 23.7 Å². The van der Waals surface area contributed by atoms with Gasteiger partial charge in [-0.3, -0.25) is 8.98 Å². The van der Waals surface area contributed by atoms with Gasteiger partial charge in [0.15, 0.2) is 0 Å². The minimum atomic E-state index is -3.96. The summed E-state index contributed by atoms with van der Waals surface area (Å²) in [4.78, 5) is 28.1. The molecule has 5 rings (SSSR count). The number of carbonyl (C=O) groups excluding carboxylic acids is 1. The fraction of sp³-hybridized carbons (Fsp3) is 0.478. The molecule has 3 N–H and O–H groups in total. The van der Waals surface area contributed by atoms with Crippen molar-refractivity contribution in [1.82, 2.24) is 19.5 Å². The van der Waals surface area contributed by atoms with E-state index in [0.29, 0.717) is 29.3 Å². The van der Waals surface area contributed by atoms with Gasteiger partial charge in [0.25, 0.3) is 0 Å². The standard InChI is InChI=1S/C23H28N6O5S2/c1-13-9-26-23-21(33-6-5-29(13)23)17-8-19(35-14(17)2)20(30)18-10-25-12-27-22(18)28-16-4-3-15(7-16)11-34-36(24,31)32/h8-10,12,15-16,21H,3-7,11H2,1-2H3,(H2,24,31,32)(H,25,27,28)/t15-,16+,21?/m1/s1. The topological polar surface area (TPSA) is 151 Å². The number of hydrogen-bond donors (Lipinski definition) is 2. The van der Waals surface area contributed by atoms with Crippen LogP contribution < -0.4 is 10.5 Å². The van der Waals surface area contributed by atoms with Crippen LogP contribution in [0.2, 0.25) is 0 Å². The molecule has 1 aliphatic carbocycles. The molecular formula is C23H28N6O5S2. The van der Waals surface area contributed by atoms with Crippen molar-refractivity contribution in [3.8, 4) is 0 Å². The van der Waals surface area contributed by atoms with Crippen LogP contribution >= 0.6 is 11.3 Å². The summed E-state index contributed by atoms with van der Waals surface area (Å²) in [6, 6.07) is 1.92. The van der Waals surface area contributed by atoms with Crippen molar-refractivity contribution in [2.24, 2.45) is 11.1 Å². The summed E-state index contributed by atoms with van der Waals surface area (Å²) < 4.78 is 35.1. The highest BCUT2D eigenvalue weighted by Crippen LogP contribution is 2.36. The Bertz CT molecular complexity index is 1390. The molecule has 0 saturated heterocycles. The fourth-order valence-electron chi connectivity index (χ4n) is 4.90. The van der Waals surface area contributed by atoms with E-state index >= 15 is 0 Å². The lowest BCUT2D eigenvalue weighted by atomic mass is 10.1. The number of anilines is 1. The van der Waals surface area contributed by atoms with Gasteiger partial charge in [-0.2, -0.15) is 8.42 Å². The van der Waals surface area contributed by atoms with Crippen molar-refractivity contribution in [2.45, 2.75) is 51.8 Å². The number of ketones is 1. The first kappa shape index (κ1) is 25.0. The summed E-state index contributed by atoms with van der Waals surface area (Å²) >= 11 is 1.42. The molecule has 13 heteroatoms. The third-order valence-electron chi connectivity index (χ3n) is 6.69. The van der Waals surface area contributed by atoms with E-state index in [4.69, 9.17) is 14.1 Å². The second-order valence-corrected chi connectivity index (χ2v) is 11.7. The van der Waals surface area contributed by atoms with Gasteiger partial charge in [-0.05, 0) is 45.1 Å². The molecule has 3 aromatic heterocycles. The van der Waals surface area contributed by atoms with Gasteiger partial charge in [-0.25, -0.2) is 20.1 Å². The smallest absolute Gasteiger partial charge is 0.333 e. The first-order chi connectivity index (χ1) is 17.2. The zero-order valence-corrected chi connectivity index (χ0v) is 21.6. The first-order valence-electron chi connectivity index (χ1n) is 11.7. The van der Waals surface area contributed by atoms with Crippen LogP contribution in [-0.4, -0.2) is 53.0 Å². The van der Waals surface area contributed by atoms with E-state index in [0.717, 1.165) is 41.3 Å². The van der Waals surface area contributed by atoms with Crippen LogP contribution in [0.1, 0.15) is 62.6 Å². The van der Waals surface area contributed by atoms with Crippen LogP contribution in [0.5, 0.6) is 0 Å². The number of rotatable bonds is 8. The second kappa shape index (κ2) is 9.98. The van der Waals surface area contributed by atoms with E-state index in [1.54, 1.807) is 0 Å². The lowest BCUT2D eigenvalue weighted by Crippen LogP contribution is -2.23. The van der Waals surface area contributed by atoms with Crippen LogP contribution in [-0.2, 0) is 25.8 Å². The molecule has 0 radical (unpaired) electrons. The number of aryl methyl sites for hydroxylation is 2. The van der Waals surface area contributed by atoms with E-state index in [1.807, 2.05) is 26.1 Å². The largest absolute Gasteiger partial charge is 0.367 e. The van der Waals surface area contributed by atoms with Crippen LogP contribution in [0.15, 0.2) is 24.8 Å². The van der Waals surface area contributed by atoms with Gasteiger partial charge in [0.2, 0.25) is 5.78 Å². The molecule has 4 heterocycles. The Hall–Kier alpha value is -2.71. The minimum absolute atomic E-state index is 0.0268. The zero-order valence-electron chi connectivity index (χ0n) is 20.0. The molecule has 11 nitrogen and oxygen atoms in total. The zero-order chi connectivity index (χ0) is 25.4. The molecule has 2 aliphatic rings. The Morgan fingerprint density at radius 2 is 2.14 bits per heavy atom. The molecular weight excluding hydrogens is 504 g/mol. The summed E-state index contributed by atoms with van der Waals surface area (Å²) in [5.74, 6) is 1.20. The third-order valence-corrected chi connectivity index (χ3v) is 8.22. The number of ether oxygens (including phenoxy) is 1. The number of nitrogens with two attached hydrogens (primary N) is 1. The lowest BCUT2D eigenvalue weighted by Gasteiger charge is -2.25. The highest BCUT2D eigenvalue weighted by atomic mass is 32.2. The van der Waals surface area contributed by atoms with Crippen molar-refractivity contribution in [1.29, 1.82) is 0 Å². The second-order valence-electron chi connectivity index (χ2n) is 9.19. The number of aromatic nitrogens is 4. The molecule has 192 valence electrons. The summed E-state index contributed by atoms with van der Waals surface area (Å²) in [6.07, 6.45) is 6.72. The number of hydrogen-bond acceptors (Lipinski definition) is 10. The lowest BCUT2D eigenvalue weighted by molar-refractivity contribution is 0.0423. The predicted octanol–water partition coefficient (Wildman–Crippen LogP) is 2.50. The Balaban J connectivity index is 1.33. The molecule has 3 atom stereocenters. The number of fused-ring (bicyclic) bond motifs is 1. The molecule has 0 aromatic carbocycles. The van der Waals surface area contributed by atoms with E-state index in [2.05, 4.69) is 24.8 Å². The molecule has 1 unspecified atom stereocenters. The first-order valence-corrected chi connectivity index (χ1v) is 14.0. The summed E-state index contributed by atoms with van der Waals surface area (Å²) in [6.45, 7) is 5.40. The average Bonchev–Trinajstić information content (AvgIpc) is 3.56. The Kier molecular flexibility index (Phi) is 6.92. The molecule has 0 bridgehead atoms. The fourth-order valence-corrected chi connectivity index (χ4v) is 6.28. The van der Waals surface area contributed by atoms with Crippen LogP contribution in [0.3, 0.4) is 0 Å². The van der Waals surface area contributed by atoms with E-state index in [-0.39, 0.29) is 30.5 Å². The maximum atomic E-state index is 13.5. The minimum Gasteiger partial charge on any atom is -0.367 e. The highest BCUT2D eigenvalue weighted by molar-refractivity contribution is 7.84. The SMILES string of the molecule is Cc1sc(C(=O)c2cncnc2N[C@H]2CC[C@@H](COS(N)(=O)=O)C2)cc1C1OCCn2c(C)cnc21. The van der Waals surface area contributed by atoms with Gasteiger partial charge < -0.3 is 14.6 Å². The van der Waals surface area contributed by atoms with Crippen molar-refractivity contribution < 1.29 is 22.1 Å². The van der Waals surface area contributed by atoms with Crippen molar-refractivity contribution in [3.05, 3.63) is 57.2 Å². The molecule has 1 saturated carbocycles. The van der Waals surface area contributed by atoms with Crippen molar-refractivity contribution in [2.75, 3.05) is 18.5 Å². The number of thiophene rings is 1. The van der Waals surface area contributed by atoms with Crippen LogP contribution in [0.25, 0.3) is 0 Å². The average molecular weight is 533 g/mol. The van der Waals surface area contributed by atoms with Crippen LogP contribution in [0, 0.1) is 19.8 Å². The van der Waals surface area contributed by atoms with E-state index in [9.17, 15) is 13.2 Å². The maximum absolute atomic E-state index is 13.5. The highest BCUT2D eigenvalue weighted by Gasteiger charge is 2.31. The monoisotopic (exact) mass is 532 g/mol. The van der Waals surface area contributed by atoms with Crippen molar-refractivity contribution in [3.63, 3.8) is 0 Å². The molecule has 0 amide bonds. The predicted molar refractivity (Wildman–Crippen MR) is 133 cm³/mol. The summed E-state index contributed by atoms with van der Waals surface area (Å²) in [5, 5.41) is 8.28. The number of nitrogens with zero attached hydrogens (tertiary/aromatic N) is 4. The van der Waals surface area contributed by atoms with E-state index in [1.165, 1.54) is 23.9 Å². The Labute approximate surface area is 213 Å². The van der Waals surface area contributed by atoms with Gasteiger partial charge in [0.1, 0.15) is 24.1 Å². The van der Waals surface area contributed by atoms with Gasteiger partial charge in [0, 0.05) is 41.1 Å². The quantitative estimate of drug-likeness (QED) is 0.417. The van der Waals surface area contributed by atoms with Gasteiger partial charge in [-0.15, -0.1) is 11.3 Å². The molecule has 1 aliphatic heterocycles.